The number of aromatic nitrogens is 4. The number of tetrazole rings is 1. The molecule has 7 nitrogen and oxygen atoms in total. The van der Waals surface area contributed by atoms with Crippen molar-refractivity contribution >= 4 is 0 Å². The Bertz CT molecular complexity index is 781. The highest BCUT2D eigenvalue weighted by Crippen LogP contribution is 2.39. The van der Waals surface area contributed by atoms with E-state index in [-0.39, 0.29) is 11.6 Å². The third-order valence-electron chi connectivity index (χ3n) is 6.09. The second kappa shape index (κ2) is 8.47. The summed E-state index contributed by atoms with van der Waals surface area (Å²) in [5, 5.41) is 12.9. The van der Waals surface area contributed by atoms with E-state index in [1.165, 1.54) is 12.8 Å². The molecule has 3 rings (SSSR count). The summed E-state index contributed by atoms with van der Waals surface area (Å²) in [5.41, 5.74) is 0.867. The molecule has 1 aromatic heterocycles. The van der Waals surface area contributed by atoms with Crippen molar-refractivity contribution in [3.63, 3.8) is 0 Å². The van der Waals surface area contributed by atoms with E-state index in [0.29, 0.717) is 0 Å². The minimum absolute atomic E-state index is 0.0848. The van der Waals surface area contributed by atoms with E-state index in [1.54, 1.807) is 14.2 Å². The molecule has 1 saturated heterocycles. The van der Waals surface area contributed by atoms with Crippen molar-refractivity contribution in [2.75, 3.05) is 27.3 Å². The Morgan fingerprint density at radius 3 is 2.50 bits per heavy atom. The van der Waals surface area contributed by atoms with E-state index >= 15 is 0 Å². The second-order valence-electron chi connectivity index (χ2n) is 8.34. The molecule has 1 fully saturated rings. The van der Waals surface area contributed by atoms with Gasteiger partial charge < -0.3 is 9.47 Å². The molecular weight excluding hydrogens is 354 g/mol. The highest BCUT2D eigenvalue weighted by Gasteiger charge is 2.35. The van der Waals surface area contributed by atoms with Crippen molar-refractivity contribution in [3.8, 4) is 11.5 Å². The Labute approximate surface area is 168 Å². The number of nitrogens with zero attached hydrogens (tertiary/aromatic N) is 5. The van der Waals surface area contributed by atoms with Gasteiger partial charge in [-0.1, -0.05) is 13.8 Å². The van der Waals surface area contributed by atoms with Gasteiger partial charge >= 0.3 is 0 Å². The minimum Gasteiger partial charge on any atom is -0.497 e. The van der Waals surface area contributed by atoms with Gasteiger partial charge in [-0.3, -0.25) is 4.90 Å². The zero-order valence-corrected chi connectivity index (χ0v) is 18.0. The average molecular weight is 388 g/mol. The number of rotatable bonds is 7. The van der Waals surface area contributed by atoms with Crippen LogP contribution in [0.25, 0.3) is 0 Å². The predicted molar refractivity (Wildman–Crippen MR) is 109 cm³/mol. The first-order chi connectivity index (χ1) is 13.4. The first-order valence-corrected chi connectivity index (χ1v) is 10.2. The van der Waals surface area contributed by atoms with Crippen LogP contribution in [0.1, 0.15) is 64.4 Å². The van der Waals surface area contributed by atoms with Gasteiger partial charge in [0.25, 0.3) is 0 Å². The summed E-state index contributed by atoms with van der Waals surface area (Å²) < 4.78 is 13.2. The zero-order chi connectivity index (χ0) is 20.3. The number of ether oxygens (including phenoxy) is 2. The minimum atomic E-state index is -0.174. The van der Waals surface area contributed by atoms with Crippen LogP contribution in [0.4, 0.5) is 0 Å². The topological polar surface area (TPSA) is 65.3 Å². The van der Waals surface area contributed by atoms with Crippen molar-refractivity contribution in [1.82, 2.24) is 25.1 Å². The van der Waals surface area contributed by atoms with E-state index in [0.717, 1.165) is 48.3 Å². The standard InChI is InChI=1S/C21H33N5O2/c1-7-21(3,4)26-20(22-23-24-26)19(25-12-10-15(2)11-13-25)17-14-16(27-5)8-9-18(17)28-6/h8-9,14-15,19H,7,10-13H2,1-6H3. The lowest BCUT2D eigenvalue weighted by Crippen LogP contribution is -2.40. The smallest absolute Gasteiger partial charge is 0.173 e. The molecule has 0 amide bonds. The highest BCUT2D eigenvalue weighted by molar-refractivity contribution is 5.44. The van der Waals surface area contributed by atoms with Crippen molar-refractivity contribution < 1.29 is 9.47 Å². The predicted octanol–water partition coefficient (Wildman–Crippen LogP) is 3.66. The summed E-state index contributed by atoms with van der Waals surface area (Å²) in [6.07, 6.45) is 3.27. The van der Waals surface area contributed by atoms with Crippen LogP contribution in [0, 0.1) is 5.92 Å². The summed E-state index contributed by atoms with van der Waals surface area (Å²) in [5.74, 6) is 3.23. The first-order valence-electron chi connectivity index (χ1n) is 10.2. The summed E-state index contributed by atoms with van der Waals surface area (Å²) in [6.45, 7) is 10.8. The van der Waals surface area contributed by atoms with Crippen molar-refractivity contribution in [1.29, 1.82) is 0 Å². The lowest BCUT2D eigenvalue weighted by molar-refractivity contribution is 0.141. The molecular formula is C21H33N5O2. The number of piperidine rings is 1. The molecule has 2 aromatic rings. The van der Waals surface area contributed by atoms with Crippen molar-refractivity contribution in [3.05, 3.63) is 29.6 Å². The molecule has 28 heavy (non-hydrogen) atoms. The second-order valence-corrected chi connectivity index (χ2v) is 8.34. The molecule has 7 heteroatoms. The van der Waals surface area contributed by atoms with Crippen LogP contribution in [0.3, 0.4) is 0 Å². The third kappa shape index (κ3) is 3.99. The number of likely N-dealkylation sites (tertiary alicyclic amines) is 1. The largest absolute Gasteiger partial charge is 0.497 e. The van der Waals surface area contributed by atoms with Crippen LogP contribution < -0.4 is 9.47 Å². The quantitative estimate of drug-likeness (QED) is 0.722. The highest BCUT2D eigenvalue weighted by atomic mass is 16.5. The van der Waals surface area contributed by atoms with Gasteiger partial charge in [-0.05, 0) is 80.7 Å². The van der Waals surface area contributed by atoms with Gasteiger partial charge in [-0.15, -0.1) is 5.10 Å². The van der Waals surface area contributed by atoms with Gasteiger partial charge in [0.05, 0.1) is 19.8 Å². The molecule has 0 spiro atoms. The summed E-state index contributed by atoms with van der Waals surface area (Å²) >= 11 is 0. The van der Waals surface area contributed by atoms with Gasteiger partial charge in [0.1, 0.15) is 17.5 Å². The Morgan fingerprint density at radius 2 is 1.89 bits per heavy atom. The van der Waals surface area contributed by atoms with Gasteiger partial charge in [-0.25, -0.2) is 4.68 Å². The average Bonchev–Trinajstić information content (AvgIpc) is 3.20. The normalized spacial score (nSPS) is 17.5. The van der Waals surface area contributed by atoms with Crippen LogP contribution in [0.15, 0.2) is 18.2 Å². The fraction of sp³-hybridized carbons (Fsp3) is 0.667. The monoisotopic (exact) mass is 387 g/mol. The molecule has 0 bridgehead atoms. The van der Waals surface area contributed by atoms with Gasteiger partial charge in [-0.2, -0.15) is 0 Å². The summed E-state index contributed by atoms with van der Waals surface area (Å²) in [7, 11) is 3.40. The zero-order valence-electron chi connectivity index (χ0n) is 18.0. The van der Waals surface area contributed by atoms with Gasteiger partial charge in [0, 0.05) is 5.56 Å². The SMILES string of the molecule is CCC(C)(C)n1nnnc1C(c1cc(OC)ccc1OC)N1CCC(C)CC1. The van der Waals surface area contributed by atoms with Gasteiger partial charge in [0.15, 0.2) is 5.82 Å². The van der Waals surface area contributed by atoms with E-state index in [9.17, 15) is 0 Å². The van der Waals surface area contributed by atoms with E-state index < -0.39 is 0 Å². The Morgan fingerprint density at radius 1 is 1.18 bits per heavy atom. The Hall–Kier alpha value is -2.15. The lowest BCUT2D eigenvalue weighted by Gasteiger charge is -2.38. The van der Waals surface area contributed by atoms with Crippen LogP contribution >= 0.6 is 0 Å². The summed E-state index contributed by atoms with van der Waals surface area (Å²) in [6, 6.07) is 5.86. The fourth-order valence-electron chi connectivity index (χ4n) is 3.78. The molecule has 2 heterocycles. The molecule has 0 radical (unpaired) electrons. The van der Waals surface area contributed by atoms with Crippen LogP contribution in [0.2, 0.25) is 0 Å². The molecule has 1 atom stereocenters. The summed E-state index contributed by atoms with van der Waals surface area (Å²) in [4.78, 5) is 2.48. The molecule has 0 aliphatic carbocycles. The first kappa shape index (κ1) is 20.6. The molecule has 0 N–H and O–H groups in total. The number of methoxy groups -OCH3 is 2. The van der Waals surface area contributed by atoms with Crippen LogP contribution in [-0.2, 0) is 5.54 Å². The fourth-order valence-corrected chi connectivity index (χ4v) is 3.78. The molecule has 0 saturated carbocycles. The van der Waals surface area contributed by atoms with Crippen molar-refractivity contribution in [2.45, 2.75) is 58.5 Å². The maximum atomic E-state index is 5.73. The van der Waals surface area contributed by atoms with Crippen molar-refractivity contribution in [2.24, 2.45) is 5.92 Å². The number of hydrogen-bond donors (Lipinski definition) is 0. The molecule has 1 aliphatic rings. The lowest BCUT2D eigenvalue weighted by atomic mass is 9.94. The number of hydrogen-bond acceptors (Lipinski definition) is 6. The third-order valence-corrected chi connectivity index (χ3v) is 6.09. The van der Waals surface area contributed by atoms with E-state index in [2.05, 4.69) is 54.2 Å². The maximum Gasteiger partial charge on any atom is 0.173 e. The van der Waals surface area contributed by atoms with E-state index in [1.807, 2.05) is 16.8 Å². The Balaban J connectivity index is 2.14. The Kier molecular flexibility index (Phi) is 6.23. The number of benzene rings is 1. The molecule has 154 valence electrons. The maximum absolute atomic E-state index is 5.73. The van der Waals surface area contributed by atoms with E-state index in [4.69, 9.17) is 9.47 Å². The van der Waals surface area contributed by atoms with Crippen LogP contribution in [-0.4, -0.2) is 52.4 Å². The molecule has 1 aromatic carbocycles. The van der Waals surface area contributed by atoms with Crippen LogP contribution in [0.5, 0.6) is 11.5 Å². The molecule has 1 unspecified atom stereocenters. The molecule has 1 aliphatic heterocycles. The van der Waals surface area contributed by atoms with Gasteiger partial charge in [0.2, 0.25) is 0 Å².